The minimum Gasteiger partial charge on any atom is -0.0877 e. The Bertz CT molecular complexity index is 484. The van der Waals surface area contributed by atoms with E-state index >= 15 is 0 Å². The highest BCUT2D eigenvalue weighted by Crippen LogP contribution is 2.32. The lowest BCUT2D eigenvalue weighted by atomic mass is 9.84. The standard InChI is InChI=1S/C19H24/c1-5-8-13-16(4)19(17(7-3)12-6-2)18-14-10-9-11-15-18/h5-15,19H,1-4H3/b8-5-,12-6-,16-13+,17-7+. The molecule has 0 aliphatic rings. The summed E-state index contributed by atoms with van der Waals surface area (Å²) in [6.07, 6.45) is 12.9. The highest BCUT2D eigenvalue weighted by molar-refractivity contribution is 5.43. The van der Waals surface area contributed by atoms with Gasteiger partial charge in [-0.15, -0.1) is 0 Å². The number of allylic oxidation sites excluding steroid dienone is 8. The van der Waals surface area contributed by atoms with Gasteiger partial charge in [-0.25, -0.2) is 0 Å². The van der Waals surface area contributed by atoms with Crippen LogP contribution in [-0.2, 0) is 0 Å². The van der Waals surface area contributed by atoms with Crippen molar-refractivity contribution in [3.63, 3.8) is 0 Å². The van der Waals surface area contributed by atoms with Gasteiger partial charge in [-0.05, 0) is 38.8 Å². The smallest absolute Gasteiger partial charge is 0.0295 e. The first-order valence-corrected chi connectivity index (χ1v) is 6.87. The van der Waals surface area contributed by atoms with Crippen LogP contribution < -0.4 is 0 Å². The molecule has 0 aliphatic heterocycles. The van der Waals surface area contributed by atoms with Crippen LogP contribution in [0.4, 0.5) is 0 Å². The largest absolute Gasteiger partial charge is 0.0877 e. The molecule has 100 valence electrons. The van der Waals surface area contributed by atoms with Crippen LogP contribution in [0.2, 0.25) is 0 Å². The second-order valence-corrected chi connectivity index (χ2v) is 4.57. The van der Waals surface area contributed by atoms with E-state index < -0.39 is 0 Å². The molecule has 0 heteroatoms. The van der Waals surface area contributed by atoms with Crippen molar-refractivity contribution in [3.05, 3.63) is 83.5 Å². The van der Waals surface area contributed by atoms with Crippen molar-refractivity contribution in [2.45, 2.75) is 33.6 Å². The van der Waals surface area contributed by atoms with Gasteiger partial charge in [0.1, 0.15) is 0 Å². The van der Waals surface area contributed by atoms with E-state index in [1.54, 1.807) is 0 Å². The zero-order valence-corrected chi connectivity index (χ0v) is 12.4. The summed E-state index contributed by atoms with van der Waals surface area (Å²) in [7, 11) is 0. The summed E-state index contributed by atoms with van der Waals surface area (Å²) in [6.45, 7) is 8.42. The molecule has 0 saturated heterocycles. The molecule has 0 radical (unpaired) electrons. The summed E-state index contributed by atoms with van der Waals surface area (Å²) in [4.78, 5) is 0. The van der Waals surface area contributed by atoms with Gasteiger partial charge in [-0.3, -0.25) is 0 Å². The predicted molar refractivity (Wildman–Crippen MR) is 86.3 cm³/mol. The summed E-state index contributed by atoms with van der Waals surface area (Å²) in [5.41, 5.74) is 4.04. The van der Waals surface area contributed by atoms with E-state index in [-0.39, 0.29) is 0 Å². The van der Waals surface area contributed by atoms with Crippen LogP contribution in [0, 0.1) is 0 Å². The summed E-state index contributed by atoms with van der Waals surface area (Å²) >= 11 is 0. The monoisotopic (exact) mass is 252 g/mol. The third-order valence-corrected chi connectivity index (χ3v) is 3.17. The Kier molecular flexibility index (Phi) is 6.67. The average molecular weight is 252 g/mol. The molecule has 0 spiro atoms. The van der Waals surface area contributed by atoms with Crippen molar-refractivity contribution in [3.8, 4) is 0 Å². The van der Waals surface area contributed by atoms with Gasteiger partial charge in [0, 0.05) is 5.92 Å². The van der Waals surface area contributed by atoms with E-state index in [0.717, 1.165) is 0 Å². The molecule has 0 amide bonds. The Balaban J connectivity index is 3.26. The van der Waals surface area contributed by atoms with E-state index in [0.29, 0.717) is 5.92 Å². The zero-order chi connectivity index (χ0) is 14.1. The fraction of sp³-hybridized carbons (Fsp3) is 0.263. The molecule has 1 unspecified atom stereocenters. The van der Waals surface area contributed by atoms with Crippen molar-refractivity contribution in [1.29, 1.82) is 0 Å². The normalized spacial score (nSPS) is 15.4. The first-order valence-electron chi connectivity index (χ1n) is 6.87. The van der Waals surface area contributed by atoms with Gasteiger partial charge >= 0.3 is 0 Å². The molecule has 1 rings (SSSR count). The molecule has 0 saturated carbocycles. The first kappa shape index (κ1) is 15.2. The Hall–Kier alpha value is -1.82. The minimum absolute atomic E-state index is 0.332. The van der Waals surface area contributed by atoms with Crippen LogP contribution >= 0.6 is 0 Å². The number of hydrogen-bond donors (Lipinski definition) is 0. The van der Waals surface area contributed by atoms with Crippen molar-refractivity contribution < 1.29 is 0 Å². The summed E-state index contributed by atoms with van der Waals surface area (Å²) < 4.78 is 0. The van der Waals surface area contributed by atoms with Gasteiger partial charge in [0.25, 0.3) is 0 Å². The molecule has 0 aromatic heterocycles. The predicted octanol–water partition coefficient (Wildman–Crippen LogP) is 5.82. The molecule has 0 heterocycles. The highest BCUT2D eigenvalue weighted by atomic mass is 14.2. The number of hydrogen-bond acceptors (Lipinski definition) is 0. The number of rotatable bonds is 5. The highest BCUT2D eigenvalue weighted by Gasteiger charge is 2.15. The molecule has 1 aromatic carbocycles. The van der Waals surface area contributed by atoms with Gasteiger partial charge in [0.05, 0.1) is 0 Å². The third-order valence-electron chi connectivity index (χ3n) is 3.17. The summed E-state index contributed by atoms with van der Waals surface area (Å²) in [5, 5.41) is 0. The zero-order valence-electron chi connectivity index (χ0n) is 12.4. The van der Waals surface area contributed by atoms with Gasteiger partial charge in [0.2, 0.25) is 0 Å². The van der Waals surface area contributed by atoms with Crippen LogP contribution in [0.25, 0.3) is 0 Å². The average Bonchev–Trinajstić information content (AvgIpc) is 2.45. The first-order chi connectivity index (χ1) is 9.24. The maximum Gasteiger partial charge on any atom is 0.0295 e. The lowest BCUT2D eigenvalue weighted by Crippen LogP contribution is -2.03. The SMILES string of the molecule is C/C=C\C=C(/C)C(C(/C=C\C)=C/C)c1ccccc1. The second-order valence-electron chi connectivity index (χ2n) is 4.57. The molecule has 0 aliphatic carbocycles. The van der Waals surface area contributed by atoms with Gasteiger partial charge < -0.3 is 0 Å². The maximum absolute atomic E-state index is 2.20. The molecule has 0 fully saturated rings. The van der Waals surface area contributed by atoms with Crippen LogP contribution in [0.15, 0.2) is 77.9 Å². The van der Waals surface area contributed by atoms with Crippen LogP contribution in [0.1, 0.15) is 39.2 Å². The Morgan fingerprint density at radius 2 is 1.68 bits per heavy atom. The summed E-state index contributed by atoms with van der Waals surface area (Å²) in [5.74, 6) is 0.332. The van der Waals surface area contributed by atoms with Crippen molar-refractivity contribution in [1.82, 2.24) is 0 Å². The van der Waals surface area contributed by atoms with Crippen molar-refractivity contribution >= 4 is 0 Å². The quantitative estimate of drug-likeness (QED) is 0.580. The summed E-state index contributed by atoms with van der Waals surface area (Å²) in [6, 6.07) is 10.7. The Labute approximate surface area is 117 Å². The Morgan fingerprint density at radius 1 is 1.00 bits per heavy atom. The lowest BCUT2D eigenvalue weighted by molar-refractivity contribution is 0.942. The van der Waals surface area contributed by atoms with Crippen LogP contribution in [0.5, 0.6) is 0 Å². The van der Waals surface area contributed by atoms with E-state index in [1.165, 1.54) is 16.7 Å². The molecule has 0 N–H and O–H groups in total. The fourth-order valence-electron chi connectivity index (χ4n) is 2.26. The van der Waals surface area contributed by atoms with Gasteiger partial charge in [-0.2, -0.15) is 0 Å². The van der Waals surface area contributed by atoms with E-state index in [4.69, 9.17) is 0 Å². The second kappa shape index (κ2) is 8.31. The van der Waals surface area contributed by atoms with Crippen molar-refractivity contribution in [2.75, 3.05) is 0 Å². The number of benzene rings is 1. The van der Waals surface area contributed by atoms with E-state index in [1.807, 2.05) is 6.92 Å². The van der Waals surface area contributed by atoms with Crippen LogP contribution in [0.3, 0.4) is 0 Å². The van der Waals surface area contributed by atoms with Gasteiger partial charge in [0.15, 0.2) is 0 Å². The Morgan fingerprint density at radius 3 is 2.21 bits per heavy atom. The molecule has 0 bridgehead atoms. The van der Waals surface area contributed by atoms with Gasteiger partial charge in [-0.1, -0.05) is 72.4 Å². The topological polar surface area (TPSA) is 0 Å². The third kappa shape index (κ3) is 4.40. The maximum atomic E-state index is 2.20. The van der Waals surface area contributed by atoms with E-state index in [2.05, 4.69) is 87.6 Å². The molecule has 19 heavy (non-hydrogen) atoms. The molecular weight excluding hydrogens is 228 g/mol. The molecule has 1 atom stereocenters. The van der Waals surface area contributed by atoms with Crippen molar-refractivity contribution in [2.24, 2.45) is 0 Å². The van der Waals surface area contributed by atoms with E-state index in [9.17, 15) is 0 Å². The molecule has 1 aromatic rings. The lowest BCUT2D eigenvalue weighted by Gasteiger charge is -2.20. The minimum atomic E-state index is 0.332. The van der Waals surface area contributed by atoms with Crippen LogP contribution in [-0.4, -0.2) is 0 Å². The fourth-order valence-corrected chi connectivity index (χ4v) is 2.26. The molecule has 0 nitrogen and oxygen atoms in total. The molecular formula is C19H24.